The van der Waals surface area contributed by atoms with Crippen LogP contribution in [-0.4, -0.2) is 59.7 Å². The highest BCUT2D eigenvalue weighted by molar-refractivity contribution is 5.83. The summed E-state index contributed by atoms with van der Waals surface area (Å²) in [6.07, 6.45) is 0.737. The predicted molar refractivity (Wildman–Crippen MR) is 71.4 cm³/mol. The lowest BCUT2D eigenvalue weighted by atomic mass is 10.1. The quantitative estimate of drug-likeness (QED) is 0.679. The van der Waals surface area contributed by atoms with E-state index in [0.29, 0.717) is 12.4 Å². The summed E-state index contributed by atoms with van der Waals surface area (Å²) in [4.78, 5) is 21.3. The van der Waals surface area contributed by atoms with E-state index in [1.165, 1.54) is 0 Å². The molecule has 1 aromatic rings. The number of hydrogen-bond donors (Lipinski definition) is 3. The lowest BCUT2D eigenvalue weighted by molar-refractivity contribution is 0.0683. The molecule has 104 valence electrons. The van der Waals surface area contributed by atoms with Gasteiger partial charge in [-0.1, -0.05) is 0 Å². The summed E-state index contributed by atoms with van der Waals surface area (Å²) in [5.74, 6) is -0.582. The Morgan fingerprint density at radius 2 is 2.26 bits per heavy atom. The Kier molecular flexibility index (Phi) is 4.28. The number of carboxylic acid groups (broad SMARTS) is 1. The maximum atomic E-state index is 11.0. The average molecular weight is 265 g/mol. The molecule has 7 heteroatoms. The molecule has 1 aliphatic heterocycles. The van der Waals surface area contributed by atoms with Crippen molar-refractivity contribution in [3.05, 3.63) is 17.1 Å². The first-order chi connectivity index (χ1) is 9.08. The molecule has 0 fully saturated rings. The van der Waals surface area contributed by atoms with Gasteiger partial charge in [0.2, 0.25) is 5.82 Å². The van der Waals surface area contributed by atoms with E-state index >= 15 is 0 Å². The van der Waals surface area contributed by atoms with Gasteiger partial charge in [-0.15, -0.1) is 0 Å². The van der Waals surface area contributed by atoms with E-state index in [1.54, 1.807) is 0 Å². The van der Waals surface area contributed by atoms with Crippen LogP contribution in [-0.2, 0) is 13.0 Å². The van der Waals surface area contributed by atoms with Crippen LogP contribution >= 0.6 is 0 Å². The molecule has 0 saturated heterocycles. The predicted octanol–water partition coefficient (Wildman–Crippen LogP) is -0.206. The van der Waals surface area contributed by atoms with Gasteiger partial charge < -0.3 is 20.6 Å². The number of carbonyl (C=O) groups is 1. The van der Waals surface area contributed by atoms with Gasteiger partial charge in [-0.2, -0.15) is 0 Å². The summed E-state index contributed by atoms with van der Waals surface area (Å²) in [5, 5.41) is 15.5. The highest BCUT2D eigenvalue weighted by Crippen LogP contribution is 2.19. The first-order valence-corrected chi connectivity index (χ1v) is 6.30. The van der Waals surface area contributed by atoms with Crippen molar-refractivity contribution in [2.24, 2.45) is 0 Å². The van der Waals surface area contributed by atoms with Crippen LogP contribution in [0.25, 0.3) is 0 Å². The fraction of sp³-hybridized carbons (Fsp3) is 0.583. The van der Waals surface area contributed by atoms with Crippen molar-refractivity contribution < 1.29 is 9.90 Å². The number of fused-ring (bicyclic) bond motifs is 1. The van der Waals surface area contributed by atoms with Crippen molar-refractivity contribution in [2.75, 3.05) is 39.0 Å². The summed E-state index contributed by atoms with van der Waals surface area (Å²) in [7, 11) is 3.97. The zero-order valence-electron chi connectivity index (χ0n) is 11.2. The van der Waals surface area contributed by atoms with E-state index in [1.807, 2.05) is 14.1 Å². The molecule has 1 aromatic heterocycles. The van der Waals surface area contributed by atoms with Crippen LogP contribution in [0, 0.1) is 0 Å². The van der Waals surface area contributed by atoms with Crippen LogP contribution in [0.2, 0.25) is 0 Å². The highest BCUT2D eigenvalue weighted by Gasteiger charge is 2.19. The molecule has 0 amide bonds. The smallest absolute Gasteiger partial charge is 0.374 e. The minimum Gasteiger partial charge on any atom is -0.475 e. The lowest BCUT2D eigenvalue weighted by Gasteiger charge is -2.20. The molecule has 3 N–H and O–H groups in total. The molecule has 0 saturated carbocycles. The van der Waals surface area contributed by atoms with Crippen molar-refractivity contribution in [1.29, 1.82) is 0 Å². The zero-order chi connectivity index (χ0) is 13.8. The maximum Gasteiger partial charge on any atom is 0.374 e. The number of nitrogens with one attached hydrogen (secondary N) is 2. The van der Waals surface area contributed by atoms with Gasteiger partial charge in [0.15, 0.2) is 0 Å². The molecule has 0 radical (unpaired) electrons. The number of nitrogens with zero attached hydrogens (tertiary/aromatic N) is 3. The lowest BCUT2D eigenvalue weighted by Crippen LogP contribution is -2.29. The molecular weight excluding hydrogens is 246 g/mol. The summed E-state index contributed by atoms with van der Waals surface area (Å²) in [6.45, 7) is 3.07. The van der Waals surface area contributed by atoms with Gasteiger partial charge in [0.05, 0.1) is 5.69 Å². The molecule has 7 nitrogen and oxygen atoms in total. The molecule has 0 bridgehead atoms. The molecule has 0 aliphatic carbocycles. The highest BCUT2D eigenvalue weighted by atomic mass is 16.4. The fourth-order valence-corrected chi connectivity index (χ4v) is 1.98. The van der Waals surface area contributed by atoms with E-state index in [0.717, 1.165) is 37.3 Å². The van der Waals surface area contributed by atoms with Gasteiger partial charge in [-0.25, -0.2) is 14.8 Å². The Morgan fingerprint density at radius 1 is 1.47 bits per heavy atom. The monoisotopic (exact) mass is 265 g/mol. The summed E-state index contributed by atoms with van der Waals surface area (Å²) in [6, 6.07) is 0. The van der Waals surface area contributed by atoms with Crippen LogP contribution in [0.4, 0.5) is 5.82 Å². The minimum absolute atomic E-state index is 0.131. The van der Waals surface area contributed by atoms with E-state index in [9.17, 15) is 4.79 Å². The summed E-state index contributed by atoms with van der Waals surface area (Å²) in [5.41, 5.74) is 1.81. The Labute approximate surface area is 112 Å². The van der Waals surface area contributed by atoms with Crippen molar-refractivity contribution in [1.82, 2.24) is 20.2 Å². The Bertz CT molecular complexity index is 475. The number of likely N-dealkylation sites (N-methyl/N-ethyl adjacent to an activating group) is 1. The number of anilines is 1. The topological polar surface area (TPSA) is 90.4 Å². The number of aromatic nitrogens is 2. The molecule has 0 spiro atoms. The van der Waals surface area contributed by atoms with Crippen molar-refractivity contribution >= 4 is 11.8 Å². The normalized spacial score (nSPS) is 14.3. The first-order valence-electron chi connectivity index (χ1n) is 6.30. The van der Waals surface area contributed by atoms with Crippen molar-refractivity contribution in [3.63, 3.8) is 0 Å². The fourth-order valence-electron chi connectivity index (χ4n) is 1.98. The zero-order valence-corrected chi connectivity index (χ0v) is 11.2. The second-order valence-electron chi connectivity index (χ2n) is 4.78. The van der Waals surface area contributed by atoms with Gasteiger partial charge in [0.25, 0.3) is 0 Å². The third-order valence-corrected chi connectivity index (χ3v) is 2.98. The molecule has 2 heterocycles. The van der Waals surface area contributed by atoms with Crippen LogP contribution < -0.4 is 10.6 Å². The van der Waals surface area contributed by atoms with Crippen molar-refractivity contribution in [3.8, 4) is 0 Å². The maximum absolute atomic E-state index is 11.0. The third-order valence-electron chi connectivity index (χ3n) is 2.98. The van der Waals surface area contributed by atoms with E-state index in [4.69, 9.17) is 5.11 Å². The third kappa shape index (κ3) is 3.39. The Hall–Kier alpha value is -1.73. The molecule has 2 rings (SSSR count). The SMILES string of the molecule is CN(C)CCNc1nc(C(=O)O)nc2c1CNCC2. The van der Waals surface area contributed by atoms with E-state index < -0.39 is 5.97 Å². The minimum atomic E-state index is -1.09. The molecule has 19 heavy (non-hydrogen) atoms. The molecule has 0 unspecified atom stereocenters. The van der Waals surface area contributed by atoms with Gasteiger partial charge in [-0.05, 0) is 14.1 Å². The first kappa shape index (κ1) is 13.7. The van der Waals surface area contributed by atoms with E-state index in [-0.39, 0.29) is 5.82 Å². The summed E-state index contributed by atoms with van der Waals surface area (Å²) >= 11 is 0. The molecule has 1 aliphatic rings. The van der Waals surface area contributed by atoms with E-state index in [2.05, 4.69) is 25.5 Å². The van der Waals surface area contributed by atoms with Gasteiger partial charge in [0, 0.05) is 38.2 Å². The van der Waals surface area contributed by atoms with Crippen molar-refractivity contribution in [2.45, 2.75) is 13.0 Å². The number of aromatic carboxylic acids is 1. The average Bonchev–Trinajstić information content (AvgIpc) is 2.38. The van der Waals surface area contributed by atoms with Gasteiger partial charge in [-0.3, -0.25) is 0 Å². The summed E-state index contributed by atoms with van der Waals surface area (Å²) < 4.78 is 0. The largest absolute Gasteiger partial charge is 0.475 e. The van der Waals surface area contributed by atoms with Crippen LogP contribution in [0.1, 0.15) is 21.9 Å². The number of hydrogen-bond acceptors (Lipinski definition) is 6. The Balaban J connectivity index is 2.23. The molecule has 0 aromatic carbocycles. The standard InChI is InChI=1S/C12H19N5O2/c1-17(2)6-5-14-10-8-7-13-4-3-9(8)15-11(16-10)12(18)19/h13H,3-7H2,1-2H3,(H,18,19)(H,14,15,16). The number of carboxylic acids is 1. The Morgan fingerprint density at radius 3 is 2.95 bits per heavy atom. The van der Waals surface area contributed by atoms with Crippen LogP contribution in [0.15, 0.2) is 0 Å². The number of rotatable bonds is 5. The van der Waals surface area contributed by atoms with Crippen LogP contribution in [0.3, 0.4) is 0 Å². The van der Waals surface area contributed by atoms with Crippen LogP contribution in [0.5, 0.6) is 0 Å². The second kappa shape index (κ2) is 5.94. The molecule has 0 atom stereocenters. The molecular formula is C12H19N5O2. The van der Waals surface area contributed by atoms with Gasteiger partial charge in [0.1, 0.15) is 5.82 Å². The second-order valence-corrected chi connectivity index (χ2v) is 4.78. The van der Waals surface area contributed by atoms with Gasteiger partial charge >= 0.3 is 5.97 Å².